The molecule has 4 fully saturated rings. The molecule has 0 heterocycles. The SMILES string of the molecule is CC/C=C\[C@@H](C)[C@H]1CCC2C3CC(=O)[C@H]4CC(O)[C@H](O)C[C@]4(C)C3CC[C@@]21C. The zero-order chi connectivity index (χ0) is 20.3. The molecule has 0 bridgehead atoms. The van der Waals surface area contributed by atoms with E-state index in [2.05, 4.69) is 39.8 Å². The molecule has 0 radical (unpaired) electrons. The fourth-order valence-corrected chi connectivity index (χ4v) is 8.46. The molecule has 3 heteroatoms. The van der Waals surface area contributed by atoms with Crippen molar-refractivity contribution >= 4 is 5.78 Å². The Morgan fingerprint density at radius 1 is 1.11 bits per heavy atom. The van der Waals surface area contributed by atoms with E-state index >= 15 is 0 Å². The van der Waals surface area contributed by atoms with Gasteiger partial charge in [0.2, 0.25) is 0 Å². The Morgan fingerprint density at radius 2 is 1.82 bits per heavy atom. The molecule has 0 amide bonds. The van der Waals surface area contributed by atoms with Crippen molar-refractivity contribution < 1.29 is 15.0 Å². The Hall–Kier alpha value is -0.670. The molecule has 0 aromatic heterocycles. The minimum Gasteiger partial charge on any atom is -0.390 e. The van der Waals surface area contributed by atoms with Gasteiger partial charge in [-0.1, -0.05) is 39.8 Å². The average molecular weight is 389 g/mol. The lowest BCUT2D eigenvalue weighted by atomic mass is 9.44. The largest absolute Gasteiger partial charge is 0.390 e. The van der Waals surface area contributed by atoms with Crippen LogP contribution < -0.4 is 0 Å². The van der Waals surface area contributed by atoms with Gasteiger partial charge < -0.3 is 10.2 Å². The number of ketones is 1. The summed E-state index contributed by atoms with van der Waals surface area (Å²) in [6, 6.07) is 0. The van der Waals surface area contributed by atoms with Gasteiger partial charge in [0.25, 0.3) is 0 Å². The summed E-state index contributed by atoms with van der Waals surface area (Å²) in [5.74, 6) is 3.28. The van der Waals surface area contributed by atoms with Crippen molar-refractivity contribution in [3.05, 3.63) is 12.2 Å². The second-order valence-corrected chi connectivity index (χ2v) is 11.1. The van der Waals surface area contributed by atoms with Crippen LogP contribution in [0.5, 0.6) is 0 Å². The van der Waals surface area contributed by atoms with Gasteiger partial charge in [-0.15, -0.1) is 0 Å². The molecule has 10 atom stereocenters. The quantitative estimate of drug-likeness (QED) is 0.686. The fraction of sp³-hybridized carbons (Fsp3) is 0.880. The normalized spacial score (nSPS) is 52.2. The highest BCUT2D eigenvalue weighted by atomic mass is 16.3. The summed E-state index contributed by atoms with van der Waals surface area (Å²) in [7, 11) is 0. The van der Waals surface area contributed by atoms with E-state index in [9.17, 15) is 15.0 Å². The van der Waals surface area contributed by atoms with Crippen LogP contribution in [0.2, 0.25) is 0 Å². The Kier molecular flexibility index (Phi) is 5.32. The van der Waals surface area contributed by atoms with Gasteiger partial charge in [-0.25, -0.2) is 0 Å². The fourth-order valence-electron chi connectivity index (χ4n) is 8.46. The lowest BCUT2D eigenvalue weighted by molar-refractivity contribution is -0.173. The van der Waals surface area contributed by atoms with Gasteiger partial charge in [0, 0.05) is 12.3 Å². The molecule has 3 nitrogen and oxygen atoms in total. The number of rotatable bonds is 3. The van der Waals surface area contributed by atoms with Gasteiger partial charge in [-0.3, -0.25) is 4.79 Å². The minimum atomic E-state index is -0.727. The number of carbonyl (C=O) groups excluding carboxylic acids is 1. The van der Waals surface area contributed by atoms with Crippen molar-refractivity contribution in [2.24, 2.45) is 46.3 Å². The molecule has 4 rings (SSSR count). The van der Waals surface area contributed by atoms with Crippen molar-refractivity contribution in [3.63, 3.8) is 0 Å². The topological polar surface area (TPSA) is 57.5 Å². The Bertz CT molecular complexity index is 642. The molecule has 0 saturated heterocycles. The third-order valence-corrected chi connectivity index (χ3v) is 9.86. The van der Waals surface area contributed by atoms with Crippen LogP contribution in [0, 0.1) is 46.3 Å². The third kappa shape index (κ3) is 2.95. The summed E-state index contributed by atoms with van der Waals surface area (Å²) in [6.45, 7) is 9.36. The van der Waals surface area contributed by atoms with E-state index in [4.69, 9.17) is 0 Å². The number of hydrogen-bond acceptors (Lipinski definition) is 3. The molecular formula is C25H40O3. The first-order chi connectivity index (χ1) is 13.2. The van der Waals surface area contributed by atoms with Gasteiger partial charge in [-0.05, 0) is 85.4 Å². The smallest absolute Gasteiger partial charge is 0.136 e. The van der Waals surface area contributed by atoms with Crippen LogP contribution in [-0.2, 0) is 4.79 Å². The van der Waals surface area contributed by atoms with Crippen LogP contribution in [0.3, 0.4) is 0 Å². The summed E-state index contributed by atoms with van der Waals surface area (Å²) >= 11 is 0. The first-order valence-electron chi connectivity index (χ1n) is 11.8. The molecule has 4 aliphatic rings. The molecule has 0 aliphatic heterocycles. The molecule has 4 aliphatic carbocycles. The Balaban J connectivity index is 1.61. The zero-order valence-corrected chi connectivity index (χ0v) is 18.2. The maximum absolute atomic E-state index is 13.2. The summed E-state index contributed by atoms with van der Waals surface area (Å²) in [5.41, 5.74) is 0.209. The van der Waals surface area contributed by atoms with Crippen molar-refractivity contribution in [3.8, 4) is 0 Å². The Labute approximate surface area is 171 Å². The van der Waals surface area contributed by atoms with Crippen molar-refractivity contribution in [1.82, 2.24) is 0 Å². The summed E-state index contributed by atoms with van der Waals surface area (Å²) in [6.07, 6.45) is 11.2. The molecule has 158 valence electrons. The van der Waals surface area contributed by atoms with Crippen LogP contribution in [0.25, 0.3) is 0 Å². The predicted octanol–water partition coefficient (Wildman–Crippen LogP) is 4.76. The summed E-state index contributed by atoms with van der Waals surface area (Å²) < 4.78 is 0. The first-order valence-corrected chi connectivity index (χ1v) is 11.8. The molecule has 28 heavy (non-hydrogen) atoms. The molecule has 0 aromatic carbocycles. The maximum atomic E-state index is 13.2. The van der Waals surface area contributed by atoms with E-state index < -0.39 is 12.2 Å². The zero-order valence-electron chi connectivity index (χ0n) is 18.2. The number of carbonyl (C=O) groups is 1. The van der Waals surface area contributed by atoms with E-state index in [1.807, 2.05) is 0 Å². The van der Waals surface area contributed by atoms with Gasteiger partial charge >= 0.3 is 0 Å². The number of allylic oxidation sites excluding steroid dienone is 2. The minimum absolute atomic E-state index is 0.0554. The number of Topliss-reactive ketones (excluding diaryl/α,β-unsaturated/α-hetero) is 1. The molecule has 0 spiro atoms. The second-order valence-electron chi connectivity index (χ2n) is 11.1. The van der Waals surface area contributed by atoms with E-state index in [0.717, 1.165) is 12.3 Å². The standard InChI is InChI=1S/C25H40O3/c1-5-6-7-15(2)17-8-9-18-16-12-21(26)20-13-22(27)23(28)14-25(20,4)19(16)10-11-24(17,18)3/h6-7,15-20,22-23,27-28H,5,8-14H2,1-4H3/b7-6-/t15-,16?,17-,18?,19?,20-,22?,23-,24-,25-/m1/s1. The predicted molar refractivity (Wildman–Crippen MR) is 112 cm³/mol. The molecule has 4 unspecified atom stereocenters. The van der Waals surface area contributed by atoms with Gasteiger partial charge in [0.05, 0.1) is 12.2 Å². The monoisotopic (exact) mass is 388 g/mol. The van der Waals surface area contributed by atoms with Crippen LogP contribution >= 0.6 is 0 Å². The van der Waals surface area contributed by atoms with Crippen molar-refractivity contribution in [1.29, 1.82) is 0 Å². The number of aliphatic hydroxyl groups excluding tert-OH is 2. The summed E-state index contributed by atoms with van der Waals surface area (Å²) in [5, 5.41) is 20.6. The highest BCUT2D eigenvalue weighted by Crippen LogP contribution is 2.67. The van der Waals surface area contributed by atoms with Crippen LogP contribution in [0.4, 0.5) is 0 Å². The third-order valence-electron chi connectivity index (χ3n) is 9.86. The van der Waals surface area contributed by atoms with E-state index in [-0.39, 0.29) is 11.3 Å². The number of hydrogen-bond donors (Lipinski definition) is 2. The highest BCUT2D eigenvalue weighted by molar-refractivity contribution is 5.83. The van der Waals surface area contributed by atoms with Crippen molar-refractivity contribution in [2.75, 3.05) is 0 Å². The van der Waals surface area contributed by atoms with Gasteiger partial charge in [0.1, 0.15) is 5.78 Å². The van der Waals surface area contributed by atoms with Crippen molar-refractivity contribution in [2.45, 2.75) is 91.3 Å². The molecule has 0 aromatic rings. The molecule has 2 N–H and O–H groups in total. The average Bonchev–Trinajstić information content (AvgIpc) is 2.99. The van der Waals surface area contributed by atoms with E-state index in [1.165, 1.54) is 25.7 Å². The first kappa shape index (κ1) is 20.6. The number of fused-ring (bicyclic) bond motifs is 5. The highest BCUT2D eigenvalue weighted by Gasteiger charge is 2.63. The van der Waals surface area contributed by atoms with Crippen LogP contribution in [0.15, 0.2) is 12.2 Å². The lowest BCUT2D eigenvalue weighted by Gasteiger charge is -2.60. The number of aliphatic hydroxyl groups is 2. The van der Waals surface area contributed by atoms with Crippen LogP contribution in [-0.4, -0.2) is 28.2 Å². The molecular weight excluding hydrogens is 348 g/mol. The van der Waals surface area contributed by atoms with Gasteiger partial charge in [-0.2, -0.15) is 0 Å². The Morgan fingerprint density at radius 3 is 2.54 bits per heavy atom. The summed E-state index contributed by atoms with van der Waals surface area (Å²) in [4.78, 5) is 13.2. The van der Waals surface area contributed by atoms with Crippen LogP contribution in [0.1, 0.15) is 79.1 Å². The molecule has 4 saturated carbocycles. The maximum Gasteiger partial charge on any atom is 0.136 e. The lowest BCUT2D eigenvalue weighted by Crippen LogP contribution is -2.59. The van der Waals surface area contributed by atoms with Gasteiger partial charge in [0.15, 0.2) is 0 Å². The second kappa shape index (κ2) is 7.23. The van der Waals surface area contributed by atoms with E-state index in [0.29, 0.717) is 54.1 Å². The van der Waals surface area contributed by atoms with E-state index in [1.54, 1.807) is 0 Å².